The number of carbonyl (C=O) groups is 1. The summed E-state index contributed by atoms with van der Waals surface area (Å²) >= 11 is 1.64. The van der Waals surface area contributed by atoms with E-state index in [2.05, 4.69) is 24.4 Å². The van der Waals surface area contributed by atoms with Crippen LogP contribution in [-0.2, 0) is 6.54 Å². The first kappa shape index (κ1) is 17.4. The molecule has 0 aliphatic rings. The van der Waals surface area contributed by atoms with Crippen LogP contribution in [-0.4, -0.2) is 10.9 Å². The van der Waals surface area contributed by atoms with Gasteiger partial charge in [-0.2, -0.15) is 0 Å². The zero-order valence-electron chi connectivity index (χ0n) is 15.3. The summed E-state index contributed by atoms with van der Waals surface area (Å²) < 4.78 is 0. The van der Waals surface area contributed by atoms with E-state index in [0.29, 0.717) is 12.1 Å². The smallest absolute Gasteiger partial charge is 0.252 e. The number of nitrogens with zero attached hydrogens (tertiary/aromatic N) is 1. The maximum Gasteiger partial charge on any atom is 0.252 e. The molecule has 4 rings (SSSR count). The first-order valence-corrected chi connectivity index (χ1v) is 9.73. The van der Waals surface area contributed by atoms with Crippen LogP contribution in [0.25, 0.3) is 21.3 Å². The van der Waals surface area contributed by atoms with Crippen LogP contribution in [0, 0.1) is 13.8 Å². The van der Waals surface area contributed by atoms with Crippen LogP contribution in [0.15, 0.2) is 66.7 Å². The number of fused-ring (bicyclic) bond motifs is 1. The highest BCUT2D eigenvalue weighted by atomic mass is 32.1. The van der Waals surface area contributed by atoms with Crippen molar-refractivity contribution >= 4 is 28.0 Å². The van der Waals surface area contributed by atoms with E-state index in [1.807, 2.05) is 61.5 Å². The molecule has 1 amide bonds. The zero-order chi connectivity index (χ0) is 18.8. The van der Waals surface area contributed by atoms with Gasteiger partial charge < -0.3 is 5.32 Å². The third-order valence-corrected chi connectivity index (χ3v) is 5.90. The van der Waals surface area contributed by atoms with E-state index in [1.54, 1.807) is 11.3 Å². The summed E-state index contributed by atoms with van der Waals surface area (Å²) in [5.41, 5.74) is 4.03. The van der Waals surface area contributed by atoms with Gasteiger partial charge in [0.15, 0.2) is 0 Å². The van der Waals surface area contributed by atoms with Gasteiger partial charge >= 0.3 is 0 Å². The molecule has 0 saturated heterocycles. The maximum atomic E-state index is 12.7. The van der Waals surface area contributed by atoms with E-state index in [4.69, 9.17) is 4.98 Å². The van der Waals surface area contributed by atoms with Crippen molar-refractivity contribution in [2.24, 2.45) is 0 Å². The molecule has 3 nitrogen and oxygen atoms in total. The second-order valence-electron chi connectivity index (χ2n) is 6.55. The van der Waals surface area contributed by atoms with E-state index in [9.17, 15) is 4.79 Å². The number of aryl methyl sites for hydroxylation is 2. The van der Waals surface area contributed by atoms with Crippen molar-refractivity contribution in [1.82, 2.24) is 10.3 Å². The van der Waals surface area contributed by atoms with Crippen LogP contribution in [0.5, 0.6) is 0 Å². The van der Waals surface area contributed by atoms with Gasteiger partial charge in [-0.3, -0.25) is 4.79 Å². The van der Waals surface area contributed by atoms with Crippen LogP contribution in [0.4, 0.5) is 0 Å². The molecule has 4 heteroatoms. The fraction of sp³-hybridized carbons (Fsp3) is 0.130. The molecule has 4 aromatic rings. The maximum absolute atomic E-state index is 12.7. The first-order chi connectivity index (χ1) is 13.1. The van der Waals surface area contributed by atoms with Crippen LogP contribution in [0.1, 0.15) is 26.5 Å². The number of aromatic nitrogens is 1. The fourth-order valence-corrected chi connectivity index (χ4v) is 4.29. The summed E-state index contributed by atoms with van der Waals surface area (Å²) in [6.07, 6.45) is 0. The molecule has 0 aliphatic heterocycles. The van der Waals surface area contributed by atoms with Crippen LogP contribution < -0.4 is 5.32 Å². The summed E-state index contributed by atoms with van der Waals surface area (Å²) in [6, 6.07) is 22.0. The lowest BCUT2D eigenvalue weighted by atomic mass is 10.0. The number of benzene rings is 3. The molecule has 0 radical (unpaired) electrons. The predicted octanol–water partition coefficient (Wildman–Crippen LogP) is 5.51. The average Bonchev–Trinajstić information content (AvgIpc) is 3.06. The highest BCUT2D eigenvalue weighted by Crippen LogP contribution is 2.30. The van der Waals surface area contributed by atoms with Crippen molar-refractivity contribution in [2.45, 2.75) is 20.4 Å². The van der Waals surface area contributed by atoms with E-state index >= 15 is 0 Å². The van der Waals surface area contributed by atoms with Gasteiger partial charge in [-0.25, -0.2) is 4.98 Å². The van der Waals surface area contributed by atoms with Crippen molar-refractivity contribution in [3.8, 4) is 10.6 Å². The Kier molecular flexibility index (Phi) is 4.73. The van der Waals surface area contributed by atoms with Gasteiger partial charge in [-0.1, -0.05) is 60.7 Å². The molecule has 0 atom stereocenters. The molecular weight excluding hydrogens is 352 g/mol. The monoisotopic (exact) mass is 372 g/mol. The summed E-state index contributed by atoms with van der Waals surface area (Å²) in [5.74, 6) is -0.0583. The Balaban J connectivity index is 1.55. The van der Waals surface area contributed by atoms with Gasteiger partial charge in [0.1, 0.15) is 5.01 Å². The number of hydrogen-bond donors (Lipinski definition) is 1. The lowest BCUT2D eigenvalue weighted by molar-refractivity contribution is 0.0953. The minimum absolute atomic E-state index is 0.0583. The third-order valence-electron chi connectivity index (χ3n) is 4.71. The van der Waals surface area contributed by atoms with Crippen molar-refractivity contribution in [3.63, 3.8) is 0 Å². The highest BCUT2D eigenvalue weighted by Gasteiger charge is 2.14. The summed E-state index contributed by atoms with van der Waals surface area (Å²) in [7, 11) is 0. The number of nitrogens with one attached hydrogen (secondary N) is 1. The Morgan fingerprint density at radius 1 is 0.963 bits per heavy atom. The molecule has 0 unspecified atom stereocenters. The molecule has 3 aromatic carbocycles. The summed E-state index contributed by atoms with van der Waals surface area (Å²) in [6.45, 7) is 4.57. The number of hydrogen-bond acceptors (Lipinski definition) is 3. The third kappa shape index (κ3) is 3.49. The summed E-state index contributed by atoms with van der Waals surface area (Å²) in [4.78, 5) is 18.5. The number of carbonyl (C=O) groups excluding carboxylic acids is 1. The molecule has 27 heavy (non-hydrogen) atoms. The normalized spacial score (nSPS) is 10.9. The first-order valence-electron chi connectivity index (χ1n) is 8.92. The lowest BCUT2D eigenvalue weighted by Crippen LogP contribution is -2.22. The predicted molar refractivity (Wildman–Crippen MR) is 112 cm³/mol. The molecular formula is C23H20N2OS. The fourth-order valence-electron chi connectivity index (χ4n) is 3.20. The molecule has 134 valence electrons. The van der Waals surface area contributed by atoms with Gasteiger partial charge in [0.05, 0.1) is 12.2 Å². The molecule has 0 fully saturated rings. The van der Waals surface area contributed by atoms with Crippen molar-refractivity contribution < 1.29 is 4.79 Å². The van der Waals surface area contributed by atoms with Crippen LogP contribution in [0.2, 0.25) is 0 Å². The van der Waals surface area contributed by atoms with E-state index < -0.39 is 0 Å². The average molecular weight is 372 g/mol. The topological polar surface area (TPSA) is 42.0 Å². The van der Waals surface area contributed by atoms with Crippen molar-refractivity contribution in [2.75, 3.05) is 0 Å². The minimum Gasteiger partial charge on any atom is -0.347 e. The quantitative estimate of drug-likeness (QED) is 0.513. The minimum atomic E-state index is -0.0583. The van der Waals surface area contributed by atoms with Gasteiger partial charge in [0.25, 0.3) is 5.91 Å². The highest BCUT2D eigenvalue weighted by molar-refractivity contribution is 7.15. The van der Waals surface area contributed by atoms with E-state index in [0.717, 1.165) is 31.9 Å². The SMILES string of the molecule is Cc1ccccc1-c1nc(C)c(CNC(=O)c2cccc3ccccc23)s1. The number of thiazole rings is 1. The Labute approximate surface area is 162 Å². The van der Waals surface area contributed by atoms with E-state index in [-0.39, 0.29) is 5.91 Å². The van der Waals surface area contributed by atoms with Crippen molar-refractivity contribution in [1.29, 1.82) is 0 Å². The molecule has 0 spiro atoms. The Hall–Kier alpha value is -2.98. The second-order valence-corrected chi connectivity index (χ2v) is 7.64. The second kappa shape index (κ2) is 7.33. The zero-order valence-corrected chi connectivity index (χ0v) is 16.1. The molecule has 1 heterocycles. The van der Waals surface area contributed by atoms with Gasteiger partial charge in [0.2, 0.25) is 0 Å². The van der Waals surface area contributed by atoms with Gasteiger partial charge in [-0.05, 0) is 36.2 Å². The molecule has 1 N–H and O–H groups in total. The van der Waals surface area contributed by atoms with E-state index in [1.165, 1.54) is 5.56 Å². The summed E-state index contributed by atoms with van der Waals surface area (Å²) in [5, 5.41) is 6.10. The van der Waals surface area contributed by atoms with Gasteiger partial charge in [-0.15, -0.1) is 11.3 Å². The molecule has 1 aromatic heterocycles. The Morgan fingerprint density at radius 2 is 1.70 bits per heavy atom. The molecule has 0 bridgehead atoms. The van der Waals surface area contributed by atoms with Crippen LogP contribution >= 0.6 is 11.3 Å². The lowest BCUT2D eigenvalue weighted by Gasteiger charge is -2.07. The van der Waals surface area contributed by atoms with Gasteiger partial charge in [0, 0.05) is 16.0 Å². The standard InChI is InChI=1S/C23H20N2OS/c1-15-8-3-5-11-18(15)23-25-16(2)21(27-23)14-24-22(26)20-13-7-10-17-9-4-6-12-19(17)20/h3-13H,14H2,1-2H3,(H,24,26). The molecule has 0 aliphatic carbocycles. The van der Waals surface area contributed by atoms with Crippen LogP contribution in [0.3, 0.4) is 0 Å². The largest absolute Gasteiger partial charge is 0.347 e. The Morgan fingerprint density at radius 3 is 2.56 bits per heavy atom. The number of rotatable bonds is 4. The van der Waals surface area contributed by atoms with Crippen molar-refractivity contribution in [3.05, 3.63) is 88.4 Å². The Bertz CT molecular complexity index is 1120. The molecule has 0 saturated carbocycles. The number of amides is 1.